The van der Waals surface area contributed by atoms with Gasteiger partial charge in [-0.3, -0.25) is 9.59 Å². The van der Waals surface area contributed by atoms with Crippen LogP contribution in [0.25, 0.3) is 22.5 Å². The summed E-state index contributed by atoms with van der Waals surface area (Å²) in [7, 11) is 4.18. The molecule has 48 heavy (non-hydrogen) atoms. The number of amides is 2. The van der Waals surface area contributed by atoms with Crippen LogP contribution < -0.4 is 14.3 Å². The zero-order chi connectivity index (χ0) is 34.2. The number of nitrogens with zero attached hydrogens (tertiary/aromatic N) is 3. The summed E-state index contributed by atoms with van der Waals surface area (Å²) in [6.45, 7) is 1.93. The van der Waals surface area contributed by atoms with Crippen molar-refractivity contribution < 1.29 is 32.9 Å². The second kappa shape index (κ2) is 15.9. The molecule has 1 aliphatic heterocycles. The smallest absolute Gasteiger partial charge is 0.344 e. The van der Waals surface area contributed by atoms with Gasteiger partial charge < -0.3 is 9.47 Å². The summed E-state index contributed by atoms with van der Waals surface area (Å²) in [5, 5.41) is -0.0677. The van der Waals surface area contributed by atoms with E-state index >= 15 is 0 Å². The molecular weight excluding hydrogens is 633 g/mol. The summed E-state index contributed by atoms with van der Waals surface area (Å²) in [6, 6.07) is 25.3. The van der Waals surface area contributed by atoms with Gasteiger partial charge in [0.15, 0.2) is 13.7 Å². The summed E-state index contributed by atoms with van der Waals surface area (Å²) in [5.41, 5.74) is 5.60. The summed E-state index contributed by atoms with van der Waals surface area (Å²) >= 11 is 6.02. The van der Waals surface area contributed by atoms with Crippen molar-refractivity contribution in [1.29, 1.82) is 0 Å². The normalized spacial score (nSPS) is 14.1. The van der Waals surface area contributed by atoms with Crippen LogP contribution in [-0.2, 0) is 33.2 Å². The lowest BCUT2D eigenvalue weighted by molar-refractivity contribution is -0.740. The molecule has 250 valence electrons. The second-order valence-electron chi connectivity index (χ2n) is 11.8. The quantitative estimate of drug-likeness (QED) is 0.0754. The SMILES string of the molecule is CCCCCOC(=O)COc1cc(N2C(=O)C3=C(CCCC3)C2=O)c(F)cc1Cl.Cn1c(-c2ccccc2)cc(-c2ccccc2)[n+]1C. The van der Waals surface area contributed by atoms with E-state index in [2.05, 4.69) is 78.1 Å². The van der Waals surface area contributed by atoms with Crippen LogP contribution in [0.5, 0.6) is 5.75 Å². The highest BCUT2D eigenvalue weighted by molar-refractivity contribution is 6.34. The number of aromatic nitrogens is 2. The number of anilines is 1. The number of carbonyl (C=O) groups excluding carboxylic acids is 3. The number of rotatable bonds is 10. The topological polar surface area (TPSA) is 81.7 Å². The second-order valence-corrected chi connectivity index (χ2v) is 12.2. The standard InChI is InChI=1S/C21H23ClFNO5.C17H17N2/c1-2-3-6-9-28-19(25)12-29-18-11-17(16(23)10-15(18)22)24-20(26)13-7-4-5-8-14(13)21(24)27;1-18-16(14-9-5-3-6-10-14)13-17(19(18)2)15-11-7-4-8-12-15/h10-11H,2-9,12H2,1H3;3-13H,1-2H3/q;+1. The Hall–Kier alpha value is -4.76. The minimum atomic E-state index is -0.814. The summed E-state index contributed by atoms with van der Waals surface area (Å²) in [6.07, 6.45) is 5.40. The molecule has 0 saturated heterocycles. The minimum absolute atomic E-state index is 0.000883. The third-order valence-corrected chi connectivity index (χ3v) is 8.84. The van der Waals surface area contributed by atoms with Gasteiger partial charge in [-0.2, -0.15) is 4.68 Å². The van der Waals surface area contributed by atoms with Gasteiger partial charge in [-0.05, 0) is 50.3 Å². The Morgan fingerprint density at radius 2 is 1.50 bits per heavy atom. The molecule has 2 aliphatic rings. The van der Waals surface area contributed by atoms with Crippen LogP contribution >= 0.6 is 11.6 Å². The Bertz CT molecular complexity index is 1730. The Balaban J connectivity index is 0.000000204. The molecule has 0 saturated carbocycles. The molecule has 0 unspecified atom stereocenters. The minimum Gasteiger partial charge on any atom is -0.480 e. The van der Waals surface area contributed by atoms with Gasteiger partial charge in [0.05, 0.1) is 24.4 Å². The lowest BCUT2D eigenvalue weighted by atomic mass is 9.93. The Kier molecular flexibility index (Phi) is 11.4. The first-order valence-corrected chi connectivity index (χ1v) is 16.6. The molecule has 8 nitrogen and oxygen atoms in total. The van der Waals surface area contributed by atoms with Gasteiger partial charge in [-0.15, -0.1) is 4.68 Å². The zero-order valence-corrected chi connectivity index (χ0v) is 28.3. The molecule has 3 aromatic carbocycles. The van der Waals surface area contributed by atoms with Gasteiger partial charge in [-0.1, -0.05) is 79.9 Å². The van der Waals surface area contributed by atoms with E-state index in [4.69, 9.17) is 21.1 Å². The third kappa shape index (κ3) is 7.68. The fourth-order valence-corrected chi connectivity index (χ4v) is 6.08. The van der Waals surface area contributed by atoms with Crippen molar-refractivity contribution >= 4 is 35.1 Å². The van der Waals surface area contributed by atoms with Gasteiger partial charge in [0, 0.05) is 34.4 Å². The van der Waals surface area contributed by atoms with E-state index in [1.165, 1.54) is 28.6 Å². The maximum Gasteiger partial charge on any atom is 0.344 e. The zero-order valence-electron chi connectivity index (χ0n) is 27.5. The lowest BCUT2D eigenvalue weighted by Gasteiger charge is -2.18. The molecule has 2 amide bonds. The monoisotopic (exact) mass is 672 g/mol. The van der Waals surface area contributed by atoms with Gasteiger partial charge in [0.25, 0.3) is 11.8 Å². The van der Waals surface area contributed by atoms with Crippen molar-refractivity contribution in [2.24, 2.45) is 14.1 Å². The molecule has 0 N–H and O–H groups in total. The van der Waals surface area contributed by atoms with Crippen LogP contribution in [-0.4, -0.2) is 35.7 Å². The number of esters is 1. The molecule has 0 fully saturated rings. The van der Waals surface area contributed by atoms with Crippen LogP contribution in [0.4, 0.5) is 10.1 Å². The largest absolute Gasteiger partial charge is 0.480 e. The highest BCUT2D eigenvalue weighted by atomic mass is 35.5. The maximum absolute atomic E-state index is 14.5. The van der Waals surface area contributed by atoms with Crippen molar-refractivity contribution in [3.05, 3.63) is 101 Å². The Morgan fingerprint density at radius 3 is 2.10 bits per heavy atom. The fourth-order valence-electron chi connectivity index (χ4n) is 5.87. The van der Waals surface area contributed by atoms with E-state index < -0.39 is 30.2 Å². The van der Waals surface area contributed by atoms with E-state index in [1.54, 1.807) is 0 Å². The van der Waals surface area contributed by atoms with Crippen LogP contribution in [0.1, 0.15) is 51.9 Å². The van der Waals surface area contributed by atoms with Gasteiger partial charge in [-0.25, -0.2) is 14.1 Å². The number of ether oxygens (including phenoxy) is 2. The fraction of sp³-hybridized carbons (Fsp3) is 0.316. The Morgan fingerprint density at radius 1 is 0.896 bits per heavy atom. The lowest BCUT2D eigenvalue weighted by Crippen LogP contribution is -2.39. The first kappa shape index (κ1) is 34.6. The molecular formula is C38H40ClFN3O5+. The molecule has 0 atom stereocenters. The molecule has 0 bridgehead atoms. The number of halogens is 2. The molecule has 1 aromatic heterocycles. The molecule has 2 heterocycles. The summed E-state index contributed by atoms with van der Waals surface area (Å²) < 4.78 is 29.3. The van der Waals surface area contributed by atoms with Crippen LogP contribution in [0.2, 0.25) is 5.02 Å². The molecule has 0 radical (unpaired) electrons. The van der Waals surface area contributed by atoms with E-state index in [9.17, 15) is 18.8 Å². The van der Waals surface area contributed by atoms with Gasteiger partial charge in [0.1, 0.15) is 17.3 Å². The van der Waals surface area contributed by atoms with Crippen LogP contribution in [0, 0.1) is 5.82 Å². The highest BCUT2D eigenvalue weighted by Crippen LogP contribution is 2.39. The van der Waals surface area contributed by atoms with Crippen molar-refractivity contribution in [2.45, 2.75) is 51.9 Å². The van der Waals surface area contributed by atoms with Crippen LogP contribution in [0.15, 0.2) is 90.0 Å². The summed E-state index contributed by atoms with van der Waals surface area (Å²) in [4.78, 5) is 38.0. The highest BCUT2D eigenvalue weighted by Gasteiger charge is 2.41. The van der Waals surface area contributed by atoms with E-state index in [0.717, 1.165) is 43.1 Å². The van der Waals surface area contributed by atoms with Gasteiger partial charge >= 0.3 is 5.97 Å². The first-order valence-electron chi connectivity index (χ1n) is 16.3. The number of unbranched alkanes of at least 4 members (excludes halogenated alkanes) is 2. The number of hydrogen-bond donors (Lipinski definition) is 0. The number of benzene rings is 3. The van der Waals surface area contributed by atoms with Crippen molar-refractivity contribution in [1.82, 2.24) is 4.68 Å². The van der Waals surface area contributed by atoms with Crippen molar-refractivity contribution in [3.63, 3.8) is 0 Å². The predicted octanol–water partition coefficient (Wildman–Crippen LogP) is 7.52. The van der Waals surface area contributed by atoms with Gasteiger partial charge in [0.2, 0.25) is 5.69 Å². The molecule has 4 aromatic rings. The molecule has 6 rings (SSSR count). The first-order chi connectivity index (χ1) is 23.2. The van der Waals surface area contributed by atoms with Crippen molar-refractivity contribution in [3.8, 4) is 28.3 Å². The average Bonchev–Trinajstić information content (AvgIpc) is 3.54. The molecule has 1 aliphatic carbocycles. The summed E-state index contributed by atoms with van der Waals surface area (Å²) in [5.74, 6) is -2.40. The third-order valence-electron chi connectivity index (χ3n) is 8.55. The van der Waals surface area contributed by atoms with E-state index in [1.807, 2.05) is 19.1 Å². The predicted molar refractivity (Wildman–Crippen MR) is 183 cm³/mol. The van der Waals surface area contributed by atoms with Crippen LogP contribution in [0.3, 0.4) is 0 Å². The maximum atomic E-state index is 14.5. The Labute approximate surface area is 285 Å². The molecule has 10 heteroatoms. The van der Waals surface area contributed by atoms with Crippen molar-refractivity contribution in [2.75, 3.05) is 18.1 Å². The van der Waals surface area contributed by atoms with E-state index in [-0.39, 0.29) is 16.5 Å². The number of imide groups is 1. The number of carbonyl (C=O) groups is 3. The number of hydrogen-bond acceptors (Lipinski definition) is 5. The molecule has 0 spiro atoms. The average molecular weight is 673 g/mol. The van der Waals surface area contributed by atoms with E-state index in [0.29, 0.717) is 30.6 Å².